The van der Waals surface area contributed by atoms with Gasteiger partial charge in [0.1, 0.15) is 0 Å². The summed E-state index contributed by atoms with van der Waals surface area (Å²) in [5.41, 5.74) is 1.30. The molecule has 1 rings (SSSR count). The molecule has 16 heavy (non-hydrogen) atoms. The Kier molecular flexibility index (Phi) is 5.10. The van der Waals surface area contributed by atoms with Crippen molar-refractivity contribution >= 4 is 5.97 Å². The molecule has 2 N–H and O–H groups in total. The smallest absolute Gasteiger partial charge is 0.335 e. The second-order valence-electron chi connectivity index (χ2n) is 3.36. The van der Waals surface area contributed by atoms with Crippen LogP contribution < -0.4 is 5.32 Å². The topological polar surface area (TPSA) is 49.3 Å². The van der Waals surface area contributed by atoms with E-state index in [-0.39, 0.29) is 0 Å². The lowest BCUT2D eigenvalue weighted by atomic mass is 10.1. The number of nitrogens with one attached hydrogen (secondary N) is 1. The minimum atomic E-state index is -0.890. The lowest BCUT2D eigenvalue weighted by molar-refractivity contribution is 0.0697. The van der Waals surface area contributed by atoms with Crippen molar-refractivity contribution in [1.29, 1.82) is 0 Å². The van der Waals surface area contributed by atoms with Crippen LogP contribution in [0, 0.1) is 11.8 Å². The molecule has 0 spiro atoms. The van der Waals surface area contributed by atoms with Crippen molar-refractivity contribution < 1.29 is 9.90 Å². The highest BCUT2D eigenvalue weighted by Gasteiger charge is 2.02. The van der Waals surface area contributed by atoms with E-state index in [1.165, 1.54) is 0 Å². The highest BCUT2D eigenvalue weighted by Crippen LogP contribution is 2.04. The number of hydrogen-bond donors (Lipinski definition) is 2. The van der Waals surface area contributed by atoms with Crippen LogP contribution in [0.3, 0.4) is 0 Å². The molecule has 0 heterocycles. The number of rotatable bonds is 5. The minimum Gasteiger partial charge on any atom is -0.478 e. The predicted molar refractivity (Wildman–Crippen MR) is 63.2 cm³/mol. The number of carboxylic acids is 1. The Morgan fingerprint density at radius 1 is 1.50 bits per heavy atom. The van der Waals surface area contributed by atoms with Crippen LogP contribution >= 0.6 is 0 Å². The van der Waals surface area contributed by atoms with Crippen molar-refractivity contribution in [3.8, 4) is 11.8 Å². The van der Waals surface area contributed by atoms with Crippen LogP contribution in [0.15, 0.2) is 24.3 Å². The van der Waals surface area contributed by atoms with Crippen LogP contribution in [0.1, 0.15) is 29.3 Å². The summed E-state index contributed by atoms with van der Waals surface area (Å²) in [7, 11) is 0. The zero-order valence-electron chi connectivity index (χ0n) is 9.29. The fourth-order valence-electron chi connectivity index (χ4n) is 1.32. The van der Waals surface area contributed by atoms with Crippen molar-refractivity contribution in [3.63, 3.8) is 0 Å². The van der Waals surface area contributed by atoms with Gasteiger partial charge in [-0.15, -0.1) is 11.8 Å². The Hall–Kier alpha value is -1.79. The van der Waals surface area contributed by atoms with Crippen molar-refractivity contribution in [2.75, 3.05) is 6.54 Å². The Labute approximate surface area is 95.5 Å². The monoisotopic (exact) mass is 217 g/mol. The summed E-state index contributed by atoms with van der Waals surface area (Å²) in [5.74, 6) is 4.89. The molecular weight excluding hydrogens is 202 g/mol. The molecular formula is C13H15NO2. The predicted octanol–water partition coefficient (Wildman–Crippen LogP) is 1.89. The molecule has 0 aliphatic heterocycles. The maximum absolute atomic E-state index is 10.7. The number of carboxylic acid groups (broad SMARTS) is 1. The quantitative estimate of drug-likeness (QED) is 0.585. The molecule has 3 heteroatoms. The fourth-order valence-corrected chi connectivity index (χ4v) is 1.32. The minimum absolute atomic E-state index is 0.327. The molecule has 0 atom stereocenters. The molecule has 84 valence electrons. The zero-order chi connectivity index (χ0) is 11.8. The normalized spacial score (nSPS) is 9.31. The molecule has 0 aliphatic carbocycles. The Morgan fingerprint density at radius 2 is 2.31 bits per heavy atom. The summed E-state index contributed by atoms with van der Waals surface area (Å²) >= 11 is 0. The third kappa shape index (κ3) is 4.16. The average Bonchev–Trinajstić information content (AvgIpc) is 2.29. The summed E-state index contributed by atoms with van der Waals surface area (Å²) in [6.45, 7) is 3.31. The summed E-state index contributed by atoms with van der Waals surface area (Å²) < 4.78 is 0. The molecule has 0 aromatic heterocycles. The van der Waals surface area contributed by atoms with Gasteiger partial charge in [-0.1, -0.05) is 12.1 Å². The SMILES string of the molecule is CC#CCCNCc1cccc(C(=O)O)c1. The maximum atomic E-state index is 10.7. The van der Waals surface area contributed by atoms with E-state index in [4.69, 9.17) is 5.11 Å². The van der Waals surface area contributed by atoms with E-state index in [0.29, 0.717) is 12.1 Å². The zero-order valence-corrected chi connectivity index (χ0v) is 9.29. The second kappa shape index (κ2) is 6.65. The molecule has 0 amide bonds. The van der Waals surface area contributed by atoms with Crippen molar-refractivity contribution in [1.82, 2.24) is 5.32 Å². The van der Waals surface area contributed by atoms with E-state index in [1.54, 1.807) is 18.2 Å². The summed E-state index contributed by atoms with van der Waals surface area (Å²) in [6.07, 6.45) is 0.815. The molecule has 0 saturated heterocycles. The van der Waals surface area contributed by atoms with Crippen LogP contribution in [0.5, 0.6) is 0 Å². The number of carbonyl (C=O) groups is 1. The summed E-state index contributed by atoms with van der Waals surface area (Å²) in [6, 6.07) is 6.94. The van der Waals surface area contributed by atoms with E-state index in [2.05, 4.69) is 17.2 Å². The van der Waals surface area contributed by atoms with Crippen LogP contribution in [0.4, 0.5) is 0 Å². The first-order chi connectivity index (χ1) is 7.74. The van der Waals surface area contributed by atoms with Gasteiger partial charge in [-0.05, 0) is 24.6 Å². The Balaban J connectivity index is 2.44. The molecule has 1 aromatic carbocycles. The molecule has 0 bridgehead atoms. The van der Waals surface area contributed by atoms with Crippen molar-refractivity contribution in [3.05, 3.63) is 35.4 Å². The molecule has 3 nitrogen and oxygen atoms in total. The van der Waals surface area contributed by atoms with Gasteiger partial charge in [-0.25, -0.2) is 4.79 Å². The third-order valence-corrected chi connectivity index (χ3v) is 2.11. The number of hydrogen-bond acceptors (Lipinski definition) is 2. The molecule has 1 aromatic rings. The van der Waals surface area contributed by atoms with E-state index in [9.17, 15) is 4.79 Å². The van der Waals surface area contributed by atoms with E-state index >= 15 is 0 Å². The first-order valence-electron chi connectivity index (χ1n) is 5.16. The highest BCUT2D eigenvalue weighted by atomic mass is 16.4. The highest BCUT2D eigenvalue weighted by molar-refractivity contribution is 5.87. The van der Waals surface area contributed by atoms with E-state index < -0.39 is 5.97 Å². The van der Waals surface area contributed by atoms with Crippen LogP contribution in [0.25, 0.3) is 0 Å². The van der Waals surface area contributed by atoms with Gasteiger partial charge in [0.15, 0.2) is 0 Å². The van der Waals surface area contributed by atoms with Gasteiger partial charge in [-0.2, -0.15) is 0 Å². The lowest BCUT2D eigenvalue weighted by Gasteiger charge is -2.03. The van der Waals surface area contributed by atoms with Crippen LogP contribution in [-0.2, 0) is 6.54 Å². The number of benzene rings is 1. The third-order valence-electron chi connectivity index (χ3n) is 2.11. The Morgan fingerprint density at radius 3 is 3.00 bits per heavy atom. The lowest BCUT2D eigenvalue weighted by Crippen LogP contribution is -2.14. The van der Waals surface area contributed by atoms with Gasteiger partial charge < -0.3 is 10.4 Å². The Bertz CT molecular complexity index is 415. The molecule has 0 aliphatic rings. The van der Waals surface area contributed by atoms with Gasteiger partial charge in [0, 0.05) is 19.5 Å². The van der Waals surface area contributed by atoms with Crippen molar-refractivity contribution in [2.45, 2.75) is 19.9 Å². The second-order valence-corrected chi connectivity index (χ2v) is 3.36. The number of aromatic carboxylic acids is 1. The van der Waals surface area contributed by atoms with Gasteiger partial charge >= 0.3 is 5.97 Å². The molecule has 0 unspecified atom stereocenters. The fraction of sp³-hybridized carbons (Fsp3) is 0.308. The average molecular weight is 217 g/mol. The molecule has 0 fully saturated rings. The summed E-state index contributed by atoms with van der Waals surface area (Å²) in [4.78, 5) is 10.7. The van der Waals surface area contributed by atoms with Gasteiger partial charge in [0.2, 0.25) is 0 Å². The van der Waals surface area contributed by atoms with Crippen LogP contribution in [0.2, 0.25) is 0 Å². The molecule has 0 radical (unpaired) electrons. The largest absolute Gasteiger partial charge is 0.478 e. The van der Waals surface area contributed by atoms with E-state index in [0.717, 1.165) is 18.5 Å². The van der Waals surface area contributed by atoms with E-state index in [1.807, 2.05) is 13.0 Å². The van der Waals surface area contributed by atoms with Crippen molar-refractivity contribution in [2.24, 2.45) is 0 Å². The standard InChI is InChI=1S/C13H15NO2/c1-2-3-4-8-14-10-11-6-5-7-12(9-11)13(15)16/h5-7,9,14H,4,8,10H2,1H3,(H,15,16). The van der Waals surface area contributed by atoms with Gasteiger partial charge in [0.25, 0.3) is 0 Å². The summed E-state index contributed by atoms with van der Waals surface area (Å²) in [5, 5.41) is 12.0. The van der Waals surface area contributed by atoms with Crippen LogP contribution in [-0.4, -0.2) is 17.6 Å². The first kappa shape index (κ1) is 12.3. The van der Waals surface area contributed by atoms with Gasteiger partial charge in [-0.3, -0.25) is 0 Å². The van der Waals surface area contributed by atoms with Gasteiger partial charge in [0.05, 0.1) is 5.56 Å². The maximum Gasteiger partial charge on any atom is 0.335 e. The first-order valence-corrected chi connectivity index (χ1v) is 5.16. The molecule has 0 saturated carbocycles.